The second kappa shape index (κ2) is 9.79. The molecule has 7 nitrogen and oxygen atoms in total. The van der Waals surface area contributed by atoms with Crippen molar-refractivity contribution in [3.63, 3.8) is 0 Å². The van der Waals surface area contributed by atoms with E-state index in [2.05, 4.69) is 5.32 Å². The molecular formula is C27H34N4O3. The van der Waals surface area contributed by atoms with Crippen LogP contribution in [-0.2, 0) is 6.54 Å². The van der Waals surface area contributed by atoms with Crippen LogP contribution in [0.4, 0.5) is 4.79 Å². The van der Waals surface area contributed by atoms with E-state index in [1.807, 2.05) is 87.2 Å². The maximum absolute atomic E-state index is 13.2. The first-order valence-corrected chi connectivity index (χ1v) is 11.8. The topological polar surface area (TPSA) is 68.6 Å². The first kappa shape index (κ1) is 23.7. The third-order valence-corrected chi connectivity index (χ3v) is 5.69. The Hall–Kier alpha value is -3.48. The van der Waals surface area contributed by atoms with Crippen molar-refractivity contribution in [2.24, 2.45) is 5.92 Å². The molecule has 0 saturated heterocycles. The Kier molecular flexibility index (Phi) is 6.82. The fraction of sp³-hybridized carbons (Fsp3) is 0.407. The quantitative estimate of drug-likeness (QED) is 0.466. The predicted molar refractivity (Wildman–Crippen MR) is 133 cm³/mol. The summed E-state index contributed by atoms with van der Waals surface area (Å²) >= 11 is 0. The van der Waals surface area contributed by atoms with Gasteiger partial charge in [0.2, 0.25) is 5.88 Å². The van der Waals surface area contributed by atoms with Gasteiger partial charge in [-0.25, -0.2) is 9.48 Å². The highest BCUT2D eigenvalue weighted by molar-refractivity contribution is 5.75. The van der Waals surface area contributed by atoms with Crippen LogP contribution in [0.3, 0.4) is 0 Å². The first-order valence-electron chi connectivity index (χ1n) is 11.8. The molecule has 0 spiro atoms. The van der Waals surface area contributed by atoms with Gasteiger partial charge in [-0.05, 0) is 70.7 Å². The average molecular weight is 463 g/mol. The Labute approximate surface area is 201 Å². The van der Waals surface area contributed by atoms with Crippen molar-refractivity contribution in [2.45, 2.75) is 52.6 Å². The highest BCUT2D eigenvalue weighted by atomic mass is 16.5. The van der Waals surface area contributed by atoms with Crippen LogP contribution >= 0.6 is 0 Å². The Balaban J connectivity index is 1.72. The third-order valence-electron chi connectivity index (χ3n) is 5.69. The summed E-state index contributed by atoms with van der Waals surface area (Å²) in [6.07, 6.45) is 2.32. The lowest BCUT2D eigenvalue weighted by Gasteiger charge is -2.28. The van der Waals surface area contributed by atoms with E-state index in [4.69, 9.17) is 14.6 Å². The molecule has 0 aliphatic heterocycles. The summed E-state index contributed by atoms with van der Waals surface area (Å²) in [5, 5.41) is 7.92. The van der Waals surface area contributed by atoms with Gasteiger partial charge in [0.15, 0.2) is 0 Å². The molecule has 2 aromatic carbocycles. The van der Waals surface area contributed by atoms with Gasteiger partial charge in [-0.1, -0.05) is 24.3 Å². The van der Waals surface area contributed by atoms with Crippen LogP contribution in [0.1, 0.15) is 44.9 Å². The fourth-order valence-electron chi connectivity index (χ4n) is 3.77. The number of hydrogen-bond acceptors (Lipinski definition) is 4. The molecule has 0 radical (unpaired) electrons. The SMILES string of the molecule is COc1cccc(Oc2c(CN(CC3CC3)C(=O)NC(C)(C)C)c(C)nn2-c2ccccc2)c1. The van der Waals surface area contributed by atoms with Crippen molar-refractivity contribution in [2.75, 3.05) is 13.7 Å². The molecule has 7 heteroatoms. The molecule has 2 amide bonds. The zero-order valence-corrected chi connectivity index (χ0v) is 20.7. The van der Waals surface area contributed by atoms with Gasteiger partial charge >= 0.3 is 6.03 Å². The molecule has 1 fully saturated rings. The molecule has 4 rings (SSSR count). The number of rotatable bonds is 8. The molecule has 0 unspecified atom stereocenters. The van der Waals surface area contributed by atoms with Crippen molar-refractivity contribution >= 4 is 6.03 Å². The number of para-hydroxylation sites is 1. The maximum Gasteiger partial charge on any atom is 0.318 e. The van der Waals surface area contributed by atoms with Gasteiger partial charge in [0.05, 0.1) is 30.6 Å². The number of hydrogen-bond donors (Lipinski definition) is 1. The maximum atomic E-state index is 13.2. The van der Waals surface area contributed by atoms with E-state index in [1.54, 1.807) is 11.8 Å². The summed E-state index contributed by atoms with van der Waals surface area (Å²) in [5.41, 5.74) is 2.28. The zero-order chi connectivity index (χ0) is 24.3. The molecule has 1 aliphatic rings. The second-order valence-electron chi connectivity index (χ2n) is 9.90. The lowest BCUT2D eigenvalue weighted by Crippen LogP contribution is -2.48. The van der Waals surface area contributed by atoms with Crippen molar-refractivity contribution in [3.05, 3.63) is 65.9 Å². The number of aromatic nitrogens is 2. The Bertz CT molecular complexity index is 1130. The number of nitrogens with zero attached hydrogens (tertiary/aromatic N) is 3. The second-order valence-corrected chi connectivity index (χ2v) is 9.90. The van der Waals surface area contributed by atoms with Crippen LogP contribution in [0.25, 0.3) is 5.69 Å². The monoisotopic (exact) mass is 462 g/mol. The molecule has 34 heavy (non-hydrogen) atoms. The number of aryl methyl sites for hydroxylation is 1. The van der Waals surface area contributed by atoms with Gasteiger partial charge in [0.1, 0.15) is 11.5 Å². The summed E-state index contributed by atoms with van der Waals surface area (Å²) in [7, 11) is 1.63. The number of methoxy groups -OCH3 is 1. The van der Waals surface area contributed by atoms with Crippen molar-refractivity contribution < 1.29 is 14.3 Å². The predicted octanol–water partition coefficient (Wildman–Crippen LogP) is 5.70. The van der Waals surface area contributed by atoms with Gasteiger partial charge in [0.25, 0.3) is 0 Å². The first-order chi connectivity index (χ1) is 16.2. The van der Waals surface area contributed by atoms with Crippen LogP contribution < -0.4 is 14.8 Å². The molecule has 0 atom stereocenters. The highest BCUT2D eigenvalue weighted by Gasteiger charge is 2.30. The average Bonchev–Trinajstić information content (AvgIpc) is 3.57. The molecule has 3 aromatic rings. The Morgan fingerprint density at radius 2 is 1.82 bits per heavy atom. The van der Waals surface area contributed by atoms with E-state index in [0.717, 1.165) is 36.3 Å². The Morgan fingerprint density at radius 3 is 2.47 bits per heavy atom. The van der Waals surface area contributed by atoms with Crippen LogP contribution in [0.5, 0.6) is 17.4 Å². The molecule has 1 aliphatic carbocycles. The van der Waals surface area contributed by atoms with Gasteiger partial charge < -0.3 is 19.7 Å². The lowest BCUT2D eigenvalue weighted by atomic mass is 10.1. The molecular weight excluding hydrogens is 428 g/mol. The molecule has 1 saturated carbocycles. The molecule has 1 aromatic heterocycles. The third kappa shape index (κ3) is 5.90. The number of ether oxygens (including phenoxy) is 2. The minimum Gasteiger partial charge on any atom is -0.497 e. The number of benzene rings is 2. The van der Waals surface area contributed by atoms with Crippen LogP contribution in [-0.4, -0.2) is 39.9 Å². The largest absolute Gasteiger partial charge is 0.497 e. The van der Waals surface area contributed by atoms with E-state index in [1.165, 1.54) is 0 Å². The fourth-order valence-corrected chi connectivity index (χ4v) is 3.77. The minimum atomic E-state index is -0.317. The Morgan fingerprint density at radius 1 is 1.12 bits per heavy atom. The minimum absolute atomic E-state index is 0.0707. The van der Waals surface area contributed by atoms with Crippen LogP contribution in [0.15, 0.2) is 54.6 Å². The van der Waals surface area contributed by atoms with Crippen molar-refractivity contribution in [1.82, 2.24) is 20.0 Å². The van der Waals surface area contributed by atoms with Crippen molar-refractivity contribution in [3.8, 4) is 23.1 Å². The lowest BCUT2D eigenvalue weighted by molar-refractivity contribution is 0.183. The van der Waals surface area contributed by atoms with E-state index in [9.17, 15) is 4.79 Å². The van der Waals surface area contributed by atoms with Crippen LogP contribution in [0.2, 0.25) is 0 Å². The van der Waals surface area contributed by atoms with E-state index >= 15 is 0 Å². The number of carbonyl (C=O) groups is 1. The van der Waals surface area contributed by atoms with Gasteiger partial charge in [-0.2, -0.15) is 5.10 Å². The van der Waals surface area contributed by atoms with Gasteiger partial charge in [0, 0.05) is 18.2 Å². The van der Waals surface area contributed by atoms with Crippen LogP contribution in [0, 0.1) is 12.8 Å². The summed E-state index contributed by atoms with van der Waals surface area (Å²) in [6, 6.07) is 17.3. The molecule has 0 bridgehead atoms. The molecule has 1 N–H and O–H groups in total. The summed E-state index contributed by atoms with van der Waals surface area (Å²) in [5.74, 6) is 2.51. The number of carbonyl (C=O) groups excluding carboxylic acids is 1. The normalized spacial score (nSPS) is 13.4. The standard InChI is InChI=1S/C27H34N4O3/c1-19-24(18-30(17-20-14-15-20)26(32)28-27(2,3)4)25(31(29-19)21-10-7-6-8-11-21)34-23-13-9-12-22(16-23)33-5/h6-13,16,20H,14-15,17-18H2,1-5H3,(H,28,32). The van der Waals surface area contributed by atoms with E-state index < -0.39 is 0 Å². The molecule has 1 heterocycles. The zero-order valence-electron chi connectivity index (χ0n) is 20.7. The number of nitrogens with one attached hydrogen (secondary N) is 1. The summed E-state index contributed by atoms with van der Waals surface area (Å²) in [4.78, 5) is 15.1. The number of amides is 2. The van der Waals surface area contributed by atoms with E-state index in [0.29, 0.717) is 29.8 Å². The smallest absolute Gasteiger partial charge is 0.318 e. The summed E-state index contributed by atoms with van der Waals surface area (Å²) in [6.45, 7) is 9.08. The van der Waals surface area contributed by atoms with Gasteiger partial charge in [-0.3, -0.25) is 0 Å². The van der Waals surface area contributed by atoms with Crippen molar-refractivity contribution in [1.29, 1.82) is 0 Å². The summed E-state index contributed by atoms with van der Waals surface area (Å²) < 4.78 is 13.6. The molecule has 180 valence electrons. The van der Waals surface area contributed by atoms with E-state index in [-0.39, 0.29) is 11.6 Å². The highest BCUT2D eigenvalue weighted by Crippen LogP contribution is 2.35. The van der Waals surface area contributed by atoms with Gasteiger partial charge in [-0.15, -0.1) is 0 Å². The number of urea groups is 1.